The van der Waals surface area contributed by atoms with E-state index >= 15 is 0 Å². The minimum absolute atomic E-state index is 0.0381. The number of carbonyl (C=O) groups is 1. The Labute approximate surface area is 178 Å². The Balaban J connectivity index is 2.24. The van der Waals surface area contributed by atoms with Gasteiger partial charge in [-0.05, 0) is 48.3 Å². The quantitative estimate of drug-likeness (QED) is 0.541. The molecule has 0 saturated carbocycles. The van der Waals surface area contributed by atoms with Gasteiger partial charge in [-0.3, -0.25) is 4.79 Å². The van der Waals surface area contributed by atoms with Gasteiger partial charge in [0, 0.05) is 18.1 Å². The number of aliphatic hydroxyl groups is 2. The van der Waals surface area contributed by atoms with Crippen LogP contribution in [0.3, 0.4) is 0 Å². The van der Waals surface area contributed by atoms with Crippen molar-refractivity contribution in [2.24, 2.45) is 11.3 Å². The van der Waals surface area contributed by atoms with Gasteiger partial charge in [0.25, 0.3) is 0 Å². The molecule has 1 saturated heterocycles. The van der Waals surface area contributed by atoms with Crippen molar-refractivity contribution in [1.82, 2.24) is 10.6 Å². The first kappa shape index (κ1) is 23.6. The number of hydrogen-bond acceptors (Lipinski definition) is 5. The molecule has 0 aromatic heterocycles. The van der Waals surface area contributed by atoms with Crippen LogP contribution < -0.4 is 10.6 Å². The van der Waals surface area contributed by atoms with Crippen LogP contribution in [0.1, 0.15) is 45.6 Å². The molecule has 0 bridgehead atoms. The lowest BCUT2D eigenvalue weighted by atomic mass is 9.61. The minimum atomic E-state index is -0.849. The van der Waals surface area contributed by atoms with Crippen molar-refractivity contribution in [1.29, 1.82) is 5.26 Å². The van der Waals surface area contributed by atoms with Gasteiger partial charge in [0.15, 0.2) is 0 Å². The van der Waals surface area contributed by atoms with Gasteiger partial charge in [0.05, 0.1) is 30.2 Å². The summed E-state index contributed by atoms with van der Waals surface area (Å²) in [6.45, 7) is 6.96. The summed E-state index contributed by atoms with van der Waals surface area (Å²) in [6, 6.07) is 9.41. The van der Waals surface area contributed by atoms with Crippen LogP contribution in [0.2, 0.25) is 5.02 Å². The molecule has 2 rings (SSSR count). The van der Waals surface area contributed by atoms with E-state index in [1.807, 2.05) is 12.1 Å². The highest BCUT2D eigenvalue weighted by Crippen LogP contribution is 2.44. The lowest BCUT2D eigenvalue weighted by molar-refractivity contribution is -0.124. The second kappa shape index (κ2) is 9.90. The summed E-state index contributed by atoms with van der Waals surface area (Å²) in [5.74, 6) is -0.146. The molecule has 1 heterocycles. The fourth-order valence-corrected chi connectivity index (χ4v) is 4.20. The second-order valence-electron chi connectivity index (χ2n) is 9.13. The predicted octanol–water partition coefficient (Wildman–Crippen LogP) is 2.38. The molecule has 1 amide bonds. The Morgan fingerprint density at radius 2 is 2.07 bits per heavy atom. The average Bonchev–Trinajstić information content (AvgIpc) is 2.67. The molecule has 29 heavy (non-hydrogen) atoms. The third kappa shape index (κ3) is 6.16. The third-order valence-electron chi connectivity index (χ3n) is 5.56. The summed E-state index contributed by atoms with van der Waals surface area (Å²) in [6.07, 6.45) is 0.633. The first-order valence-electron chi connectivity index (χ1n) is 10.1. The first-order valence-corrected chi connectivity index (χ1v) is 10.5. The monoisotopic (exact) mass is 421 g/mol. The van der Waals surface area contributed by atoms with Crippen LogP contribution in [0.15, 0.2) is 24.3 Å². The van der Waals surface area contributed by atoms with Crippen LogP contribution in [0.5, 0.6) is 0 Å². The molecular weight excluding hydrogens is 390 g/mol. The lowest BCUT2D eigenvalue weighted by Gasteiger charge is -2.45. The number of halogens is 1. The van der Waals surface area contributed by atoms with E-state index in [2.05, 4.69) is 37.5 Å². The number of aliphatic hydroxyl groups excluding tert-OH is 2. The number of carbonyl (C=O) groups excluding carboxylic acids is 1. The van der Waals surface area contributed by atoms with Gasteiger partial charge in [-0.2, -0.15) is 5.26 Å². The van der Waals surface area contributed by atoms with Gasteiger partial charge in [-0.25, -0.2) is 0 Å². The maximum Gasteiger partial charge on any atom is 0.237 e. The number of nitrogens with one attached hydrogen (secondary N) is 2. The zero-order valence-electron chi connectivity index (χ0n) is 17.4. The van der Waals surface area contributed by atoms with Crippen molar-refractivity contribution >= 4 is 17.5 Å². The Hall–Kier alpha value is -1.65. The largest absolute Gasteiger partial charge is 0.394 e. The second-order valence-corrected chi connectivity index (χ2v) is 9.57. The van der Waals surface area contributed by atoms with E-state index in [1.165, 1.54) is 0 Å². The molecule has 0 radical (unpaired) electrons. The lowest BCUT2D eigenvalue weighted by Crippen LogP contribution is -2.58. The van der Waals surface area contributed by atoms with E-state index in [9.17, 15) is 15.2 Å². The Morgan fingerprint density at radius 1 is 1.41 bits per heavy atom. The molecule has 4 N–H and O–H groups in total. The predicted molar refractivity (Wildman–Crippen MR) is 113 cm³/mol. The maximum atomic E-state index is 12.7. The Bertz CT molecular complexity index is 726. The van der Waals surface area contributed by atoms with Crippen LogP contribution in [0, 0.1) is 22.7 Å². The molecule has 1 aromatic carbocycles. The molecule has 4 atom stereocenters. The Kier molecular flexibility index (Phi) is 8.07. The normalized spacial score (nSPS) is 25.8. The first-order chi connectivity index (χ1) is 13.6. The number of nitriles is 1. The summed E-state index contributed by atoms with van der Waals surface area (Å²) in [5, 5.41) is 35.4. The number of nitrogens with zero attached hydrogens (tertiary/aromatic N) is 1. The standard InChI is InChI=1S/C22H32ClN3O3/c1-21(2,3)10-16-12-26-19(20(29)25-9-8-18(28)13-27)11-22(16,14-24)15-4-6-17(23)7-5-15/h4-7,16,18-19,26-28H,8-13H2,1-3H3,(H,25,29)/t16?,18-,19?,22?/m1/s1. The summed E-state index contributed by atoms with van der Waals surface area (Å²) >= 11 is 6.06. The van der Waals surface area contributed by atoms with Crippen LogP contribution in [0.25, 0.3) is 0 Å². The Morgan fingerprint density at radius 3 is 2.62 bits per heavy atom. The minimum Gasteiger partial charge on any atom is -0.394 e. The molecule has 6 nitrogen and oxygen atoms in total. The summed E-state index contributed by atoms with van der Waals surface area (Å²) in [7, 11) is 0. The van der Waals surface area contributed by atoms with Crippen LogP contribution in [-0.2, 0) is 10.2 Å². The van der Waals surface area contributed by atoms with Crippen molar-refractivity contribution in [2.45, 2.75) is 57.6 Å². The fourth-order valence-electron chi connectivity index (χ4n) is 4.07. The molecule has 160 valence electrons. The SMILES string of the molecule is CC(C)(C)CC1CNC(C(=O)NCC[C@@H](O)CO)CC1(C#N)c1ccc(Cl)cc1. The fraction of sp³-hybridized carbons (Fsp3) is 0.636. The van der Waals surface area contributed by atoms with Gasteiger partial charge in [0.2, 0.25) is 5.91 Å². The van der Waals surface area contributed by atoms with Crippen LogP contribution in [0.4, 0.5) is 0 Å². The highest BCUT2D eigenvalue weighted by atomic mass is 35.5. The van der Waals surface area contributed by atoms with E-state index in [4.69, 9.17) is 16.7 Å². The zero-order chi connectivity index (χ0) is 21.7. The molecule has 1 fully saturated rings. The smallest absolute Gasteiger partial charge is 0.237 e. The van der Waals surface area contributed by atoms with Crippen molar-refractivity contribution in [3.8, 4) is 6.07 Å². The van der Waals surface area contributed by atoms with Gasteiger partial charge < -0.3 is 20.8 Å². The van der Waals surface area contributed by atoms with Crippen molar-refractivity contribution in [3.05, 3.63) is 34.9 Å². The highest BCUT2D eigenvalue weighted by molar-refractivity contribution is 6.30. The molecule has 1 aliphatic rings. The number of amides is 1. The zero-order valence-corrected chi connectivity index (χ0v) is 18.2. The number of rotatable bonds is 7. The van der Waals surface area contributed by atoms with Crippen molar-refractivity contribution in [3.63, 3.8) is 0 Å². The maximum absolute atomic E-state index is 12.7. The van der Waals surface area contributed by atoms with E-state index in [0.717, 1.165) is 12.0 Å². The summed E-state index contributed by atoms with van der Waals surface area (Å²) < 4.78 is 0. The van der Waals surface area contributed by atoms with E-state index in [0.29, 0.717) is 18.0 Å². The topological polar surface area (TPSA) is 105 Å². The molecule has 7 heteroatoms. The molecule has 1 aromatic rings. The van der Waals surface area contributed by atoms with E-state index < -0.39 is 17.6 Å². The van der Waals surface area contributed by atoms with E-state index in [1.54, 1.807) is 12.1 Å². The number of hydrogen-bond donors (Lipinski definition) is 4. The van der Waals surface area contributed by atoms with Crippen molar-refractivity contribution < 1.29 is 15.0 Å². The van der Waals surface area contributed by atoms with E-state index in [-0.39, 0.29) is 36.8 Å². The molecule has 1 aliphatic heterocycles. The molecular formula is C22H32ClN3O3. The molecule has 0 aliphatic carbocycles. The van der Waals surface area contributed by atoms with Crippen molar-refractivity contribution in [2.75, 3.05) is 19.7 Å². The summed E-state index contributed by atoms with van der Waals surface area (Å²) in [4.78, 5) is 12.7. The molecule has 3 unspecified atom stereocenters. The number of benzene rings is 1. The van der Waals surface area contributed by atoms with Crippen LogP contribution >= 0.6 is 11.6 Å². The highest BCUT2D eigenvalue weighted by Gasteiger charge is 2.48. The van der Waals surface area contributed by atoms with Gasteiger partial charge in [0.1, 0.15) is 0 Å². The van der Waals surface area contributed by atoms with Gasteiger partial charge >= 0.3 is 0 Å². The van der Waals surface area contributed by atoms with Gasteiger partial charge in [-0.1, -0.05) is 44.5 Å². The van der Waals surface area contributed by atoms with Crippen LogP contribution in [-0.4, -0.2) is 48.0 Å². The number of piperidine rings is 1. The van der Waals surface area contributed by atoms with Gasteiger partial charge in [-0.15, -0.1) is 0 Å². The molecule has 0 spiro atoms. The third-order valence-corrected chi connectivity index (χ3v) is 5.81. The summed E-state index contributed by atoms with van der Waals surface area (Å²) in [5.41, 5.74) is 0.125. The average molecular weight is 422 g/mol.